The van der Waals surface area contributed by atoms with Gasteiger partial charge in [0, 0.05) is 16.3 Å². The first-order valence-electron chi connectivity index (χ1n) is 5.04. The van der Waals surface area contributed by atoms with Gasteiger partial charge in [-0.15, -0.1) is 0 Å². The van der Waals surface area contributed by atoms with Crippen molar-refractivity contribution < 1.29 is 4.79 Å². The molecule has 0 fully saturated rings. The zero-order chi connectivity index (χ0) is 11.0. The molecule has 0 amide bonds. The molecule has 0 saturated carbocycles. The van der Waals surface area contributed by atoms with E-state index in [1.165, 1.54) is 5.56 Å². The lowest BCUT2D eigenvalue weighted by Gasteiger charge is -2.16. The molecule has 0 spiro atoms. The number of benzene rings is 1. The molecule has 2 rings (SSSR count). The van der Waals surface area contributed by atoms with Crippen molar-refractivity contribution in [3.05, 3.63) is 27.7 Å². The number of carbonyl (C=O) groups excluding carboxylic acids is 1. The van der Waals surface area contributed by atoms with Gasteiger partial charge in [-0.1, -0.05) is 13.8 Å². The maximum absolute atomic E-state index is 11.9. The summed E-state index contributed by atoms with van der Waals surface area (Å²) in [6.07, 6.45) is 2.64. The number of rotatable bonds is 1. The summed E-state index contributed by atoms with van der Waals surface area (Å²) in [6.45, 7) is 3.95. The number of fused-ring (bicyclic) bond motifs is 1. The molecule has 0 saturated heterocycles. The summed E-state index contributed by atoms with van der Waals surface area (Å²) in [5, 5.41) is 0. The zero-order valence-electron chi connectivity index (χ0n) is 8.75. The second-order valence-corrected chi connectivity index (χ2v) is 4.61. The third kappa shape index (κ3) is 1.76. The number of aryl methyl sites for hydroxylation is 1. The number of Topliss-reactive ketones (excluding diaryl/α,β-unsaturated/α-hetero) is 1. The first kappa shape index (κ1) is 10.6. The second kappa shape index (κ2) is 3.89. The maximum atomic E-state index is 11.9. The van der Waals surface area contributed by atoms with Crippen LogP contribution in [0.5, 0.6) is 0 Å². The Labute approximate surface area is 97.5 Å². The van der Waals surface area contributed by atoms with Gasteiger partial charge in [0.05, 0.1) is 11.6 Å². The third-order valence-electron chi connectivity index (χ3n) is 2.64. The van der Waals surface area contributed by atoms with Crippen LogP contribution in [0.2, 0.25) is 0 Å². The van der Waals surface area contributed by atoms with Gasteiger partial charge < -0.3 is 0 Å². The number of carbonyl (C=O) groups is 1. The molecule has 1 aliphatic rings. The van der Waals surface area contributed by atoms with Crippen LogP contribution in [0.3, 0.4) is 0 Å². The summed E-state index contributed by atoms with van der Waals surface area (Å²) in [4.78, 5) is 16.2. The number of ketones is 1. The van der Waals surface area contributed by atoms with Crippen molar-refractivity contribution in [2.24, 2.45) is 10.9 Å². The van der Waals surface area contributed by atoms with E-state index in [1.54, 1.807) is 6.21 Å². The Morgan fingerprint density at radius 3 is 2.87 bits per heavy atom. The van der Waals surface area contributed by atoms with E-state index in [-0.39, 0.29) is 11.7 Å². The van der Waals surface area contributed by atoms with Crippen molar-refractivity contribution >= 4 is 33.6 Å². The molecule has 0 aromatic heterocycles. The highest BCUT2D eigenvalue weighted by Gasteiger charge is 2.23. The minimum atomic E-state index is -0.100. The molecule has 1 aliphatic heterocycles. The number of aliphatic imine (C=N–C) groups is 1. The first-order valence-corrected chi connectivity index (χ1v) is 5.83. The van der Waals surface area contributed by atoms with Gasteiger partial charge in [0.1, 0.15) is 0 Å². The summed E-state index contributed by atoms with van der Waals surface area (Å²) in [5.41, 5.74) is 2.69. The van der Waals surface area contributed by atoms with E-state index in [4.69, 9.17) is 0 Å². The predicted octanol–water partition coefficient (Wildman–Crippen LogP) is 3.55. The minimum absolute atomic E-state index is 0.100. The topological polar surface area (TPSA) is 29.4 Å². The SMILES string of the molecule is CCc1cc(Br)c2c(c1)C(=O)C(C)C=N2. The predicted molar refractivity (Wildman–Crippen MR) is 65.2 cm³/mol. The maximum Gasteiger partial charge on any atom is 0.173 e. The van der Waals surface area contributed by atoms with Crippen molar-refractivity contribution in [2.75, 3.05) is 0 Å². The standard InChI is InChI=1S/C12H12BrNO/c1-3-8-4-9-11(10(13)5-8)14-6-7(2)12(9)15/h4-7H,3H2,1-2H3. The fourth-order valence-corrected chi connectivity index (χ4v) is 2.29. The van der Waals surface area contributed by atoms with Gasteiger partial charge in [0.2, 0.25) is 0 Å². The average Bonchev–Trinajstić information content (AvgIpc) is 2.23. The van der Waals surface area contributed by atoms with Gasteiger partial charge in [-0.2, -0.15) is 0 Å². The van der Waals surface area contributed by atoms with E-state index in [2.05, 4.69) is 27.8 Å². The molecule has 78 valence electrons. The van der Waals surface area contributed by atoms with Gasteiger partial charge in [-0.25, -0.2) is 0 Å². The van der Waals surface area contributed by atoms with Gasteiger partial charge in [0.25, 0.3) is 0 Å². The number of nitrogens with zero attached hydrogens (tertiary/aromatic N) is 1. The van der Waals surface area contributed by atoms with Gasteiger partial charge in [-0.3, -0.25) is 9.79 Å². The molecule has 0 aliphatic carbocycles. The summed E-state index contributed by atoms with van der Waals surface area (Å²) < 4.78 is 0.911. The van der Waals surface area contributed by atoms with E-state index in [9.17, 15) is 4.79 Å². The molecule has 2 nitrogen and oxygen atoms in total. The van der Waals surface area contributed by atoms with Crippen LogP contribution in [0.15, 0.2) is 21.6 Å². The quantitative estimate of drug-likeness (QED) is 0.764. The Morgan fingerprint density at radius 1 is 1.47 bits per heavy atom. The molecule has 1 unspecified atom stereocenters. The molecule has 0 bridgehead atoms. The molecule has 0 N–H and O–H groups in total. The van der Waals surface area contributed by atoms with Crippen LogP contribution in [0.4, 0.5) is 5.69 Å². The fraction of sp³-hybridized carbons (Fsp3) is 0.333. The average molecular weight is 266 g/mol. The Balaban J connectivity index is 2.63. The summed E-state index contributed by atoms with van der Waals surface area (Å²) in [5.74, 6) is 0.0625. The lowest BCUT2D eigenvalue weighted by atomic mass is 9.94. The molecule has 3 heteroatoms. The molecule has 0 radical (unpaired) electrons. The highest BCUT2D eigenvalue weighted by Crippen LogP contribution is 2.34. The second-order valence-electron chi connectivity index (χ2n) is 3.76. The van der Waals surface area contributed by atoms with Crippen molar-refractivity contribution in [3.8, 4) is 0 Å². The number of hydrogen-bond acceptors (Lipinski definition) is 2. The lowest BCUT2D eigenvalue weighted by molar-refractivity contribution is 0.0962. The Hall–Kier alpha value is -0.960. The van der Waals surface area contributed by atoms with E-state index in [0.717, 1.165) is 22.1 Å². The first-order chi connectivity index (χ1) is 7.13. The number of halogens is 1. The Kier molecular flexibility index (Phi) is 2.74. The Bertz CT molecular complexity index is 451. The van der Waals surface area contributed by atoms with Crippen LogP contribution in [-0.2, 0) is 6.42 Å². The zero-order valence-corrected chi connectivity index (χ0v) is 10.3. The summed E-state index contributed by atoms with van der Waals surface area (Å²) in [7, 11) is 0. The van der Waals surface area contributed by atoms with Crippen LogP contribution >= 0.6 is 15.9 Å². The van der Waals surface area contributed by atoms with Gasteiger partial charge >= 0.3 is 0 Å². The van der Waals surface area contributed by atoms with E-state index >= 15 is 0 Å². The molecule has 1 heterocycles. The Morgan fingerprint density at radius 2 is 2.20 bits per heavy atom. The van der Waals surface area contributed by atoms with Gasteiger partial charge in [-0.05, 0) is 40.0 Å². The highest BCUT2D eigenvalue weighted by atomic mass is 79.9. The minimum Gasteiger partial charge on any atom is -0.293 e. The number of hydrogen-bond donors (Lipinski definition) is 0. The monoisotopic (exact) mass is 265 g/mol. The van der Waals surface area contributed by atoms with Crippen LogP contribution in [0, 0.1) is 5.92 Å². The third-order valence-corrected chi connectivity index (χ3v) is 3.24. The molecule has 1 atom stereocenters. The molecular formula is C12H12BrNO. The highest BCUT2D eigenvalue weighted by molar-refractivity contribution is 9.10. The fourth-order valence-electron chi connectivity index (χ4n) is 1.68. The largest absolute Gasteiger partial charge is 0.293 e. The normalized spacial score (nSPS) is 19.1. The van der Waals surface area contributed by atoms with Crippen molar-refractivity contribution in [3.63, 3.8) is 0 Å². The van der Waals surface area contributed by atoms with Crippen LogP contribution < -0.4 is 0 Å². The molecule has 15 heavy (non-hydrogen) atoms. The molecule has 1 aromatic carbocycles. The lowest BCUT2D eigenvalue weighted by Crippen LogP contribution is -2.16. The smallest absolute Gasteiger partial charge is 0.173 e. The van der Waals surface area contributed by atoms with Crippen molar-refractivity contribution in [1.82, 2.24) is 0 Å². The van der Waals surface area contributed by atoms with Crippen LogP contribution in [-0.4, -0.2) is 12.0 Å². The summed E-state index contributed by atoms with van der Waals surface area (Å²) >= 11 is 3.46. The van der Waals surface area contributed by atoms with Gasteiger partial charge in [0.15, 0.2) is 5.78 Å². The molecular weight excluding hydrogens is 254 g/mol. The van der Waals surface area contributed by atoms with Crippen LogP contribution in [0.25, 0.3) is 0 Å². The van der Waals surface area contributed by atoms with Crippen molar-refractivity contribution in [1.29, 1.82) is 0 Å². The van der Waals surface area contributed by atoms with E-state index in [0.29, 0.717) is 0 Å². The van der Waals surface area contributed by atoms with Crippen molar-refractivity contribution in [2.45, 2.75) is 20.3 Å². The van der Waals surface area contributed by atoms with Crippen LogP contribution in [0.1, 0.15) is 29.8 Å². The van der Waals surface area contributed by atoms with E-state index < -0.39 is 0 Å². The molecule has 1 aromatic rings. The van der Waals surface area contributed by atoms with E-state index in [1.807, 2.05) is 19.1 Å². The summed E-state index contributed by atoms with van der Waals surface area (Å²) in [6, 6.07) is 3.98.